The van der Waals surface area contributed by atoms with Gasteiger partial charge in [0.25, 0.3) is 0 Å². The van der Waals surface area contributed by atoms with E-state index in [1.165, 1.54) is 0 Å². The number of benzene rings is 1. The molecule has 0 radical (unpaired) electrons. The van der Waals surface area contributed by atoms with Crippen LogP contribution in [0, 0.1) is 0 Å². The van der Waals surface area contributed by atoms with Gasteiger partial charge in [-0.25, -0.2) is 0 Å². The Morgan fingerprint density at radius 2 is 2.21 bits per heavy atom. The van der Waals surface area contributed by atoms with Crippen molar-refractivity contribution >= 4 is 27.5 Å². The fraction of sp³-hybridized carbons (Fsp3) is 0.385. The molecule has 2 N–H and O–H groups in total. The standard InChI is InChI=1S/C13H15BrClN3O/c1-3-13(2,7-16)12-17-11(18-19-12)8-4-5-10(15)9(14)6-8/h4-6H,3,7,16H2,1-2H3. The van der Waals surface area contributed by atoms with Gasteiger partial charge in [-0.05, 0) is 47.5 Å². The van der Waals surface area contributed by atoms with Gasteiger partial charge >= 0.3 is 0 Å². The average molecular weight is 345 g/mol. The second-order valence-electron chi connectivity index (χ2n) is 4.67. The summed E-state index contributed by atoms with van der Waals surface area (Å²) in [5.74, 6) is 1.11. The maximum atomic E-state index is 5.96. The van der Waals surface area contributed by atoms with Gasteiger partial charge in [-0.15, -0.1) is 0 Å². The van der Waals surface area contributed by atoms with E-state index in [0.717, 1.165) is 16.5 Å². The highest BCUT2D eigenvalue weighted by Gasteiger charge is 2.29. The van der Waals surface area contributed by atoms with Gasteiger partial charge in [-0.3, -0.25) is 0 Å². The normalized spacial score (nSPS) is 14.4. The summed E-state index contributed by atoms with van der Waals surface area (Å²) >= 11 is 9.34. The van der Waals surface area contributed by atoms with Crippen molar-refractivity contribution in [3.8, 4) is 11.4 Å². The number of aromatic nitrogens is 2. The summed E-state index contributed by atoms with van der Waals surface area (Å²) < 4.78 is 6.15. The minimum absolute atomic E-state index is 0.283. The zero-order valence-electron chi connectivity index (χ0n) is 10.8. The molecular weight excluding hydrogens is 330 g/mol. The van der Waals surface area contributed by atoms with Crippen LogP contribution in [-0.2, 0) is 5.41 Å². The Bertz CT molecular complexity index is 581. The van der Waals surface area contributed by atoms with Crippen LogP contribution in [0.2, 0.25) is 5.02 Å². The van der Waals surface area contributed by atoms with Crippen molar-refractivity contribution in [3.05, 3.63) is 33.6 Å². The summed E-state index contributed by atoms with van der Waals surface area (Å²) in [6, 6.07) is 5.51. The average Bonchev–Trinajstić information content (AvgIpc) is 2.91. The Morgan fingerprint density at radius 1 is 1.47 bits per heavy atom. The molecule has 0 saturated heterocycles. The van der Waals surface area contributed by atoms with Crippen molar-refractivity contribution in [2.45, 2.75) is 25.7 Å². The van der Waals surface area contributed by atoms with Gasteiger partial charge in [0.05, 0.1) is 10.4 Å². The van der Waals surface area contributed by atoms with Crippen LogP contribution in [0.5, 0.6) is 0 Å². The second kappa shape index (κ2) is 5.61. The Morgan fingerprint density at radius 3 is 2.79 bits per heavy atom. The van der Waals surface area contributed by atoms with E-state index in [4.69, 9.17) is 21.9 Å². The first-order valence-electron chi connectivity index (χ1n) is 6.00. The van der Waals surface area contributed by atoms with Crippen LogP contribution >= 0.6 is 27.5 Å². The molecular formula is C13H15BrClN3O. The smallest absolute Gasteiger partial charge is 0.234 e. The van der Waals surface area contributed by atoms with Gasteiger partial charge in [-0.1, -0.05) is 23.7 Å². The molecule has 2 rings (SSSR count). The van der Waals surface area contributed by atoms with Crippen molar-refractivity contribution in [2.75, 3.05) is 6.54 Å². The lowest BCUT2D eigenvalue weighted by molar-refractivity contribution is 0.291. The summed E-state index contributed by atoms with van der Waals surface area (Å²) in [6.45, 7) is 4.53. The van der Waals surface area contributed by atoms with Crippen LogP contribution in [0.25, 0.3) is 11.4 Å². The highest BCUT2D eigenvalue weighted by molar-refractivity contribution is 9.10. The first-order valence-corrected chi connectivity index (χ1v) is 7.17. The van der Waals surface area contributed by atoms with Crippen LogP contribution in [0.15, 0.2) is 27.2 Å². The third-order valence-electron chi connectivity index (χ3n) is 3.35. The molecule has 0 bridgehead atoms. The third kappa shape index (κ3) is 2.83. The monoisotopic (exact) mass is 343 g/mol. The van der Waals surface area contributed by atoms with Crippen LogP contribution in [0.3, 0.4) is 0 Å². The Balaban J connectivity index is 2.38. The summed E-state index contributed by atoms with van der Waals surface area (Å²) in [5.41, 5.74) is 6.35. The largest absolute Gasteiger partial charge is 0.338 e. The van der Waals surface area contributed by atoms with Crippen molar-refractivity contribution < 1.29 is 4.52 Å². The molecule has 1 heterocycles. The van der Waals surface area contributed by atoms with Gasteiger partial charge in [0, 0.05) is 16.6 Å². The predicted octanol–water partition coefficient (Wildman–Crippen LogP) is 3.78. The zero-order chi connectivity index (χ0) is 14.0. The summed E-state index contributed by atoms with van der Waals surface area (Å²) in [7, 11) is 0. The molecule has 0 fully saturated rings. The van der Waals surface area contributed by atoms with E-state index in [2.05, 4.69) is 33.0 Å². The summed E-state index contributed by atoms with van der Waals surface area (Å²) in [4.78, 5) is 4.44. The number of nitrogens with zero attached hydrogens (tertiary/aromatic N) is 2. The molecule has 0 aliphatic carbocycles. The van der Waals surface area contributed by atoms with Crippen molar-refractivity contribution in [1.29, 1.82) is 0 Å². The molecule has 4 nitrogen and oxygen atoms in total. The molecule has 1 atom stereocenters. The van der Waals surface area contributed by atoms with Crippen LogP contribution in [0.1, 0.15) is 26.2 Å². The first-order chi connectivity index (χ1) is 9.00. The van der Waals surface area contributed by atoms with Crippen molar-refractivity contribution in [1.82, 2.24) is 10.1 Å². The minimum atomic E-state index is -0.283. The third-order valence-corrected chi connectivity index (χ3v) is 4.56. The van der Waals surface area contributed by atoms with Crippen molar-refractivity contribution in [3.63, 3.8) is 0 Å². The van der Waals surface area contributed by atoms with Gasteiger partial charge in [0.15, 0.2) is 0 Å². The topological polar surface area (TPSA) is 64.9 Å². The Labute approximate surface area is 125 Å². The fourth-order valence-electron chi connectivity index (χ4n) is 1.60. The molecule has 19 heavy (non-hydrogen) atoms. The minimum Gasteiger partial charge on any atom is -0.338 e. The predicted molar refractivity (Wildman–Crippen MR) is 79.1 cm³/mol. The molecule has 0 aliphatic heterocycles. The zero-order valence-corrected chi connectivity index (χ0v) is 13.1. The molecule has 6 heteroatoms. The van der Waals surface area contributed by atoms with E-state index < -0.39 is 0 Å². The number of hydrogen-bond acceptors (Lipinski definition) is 4. The van der Waals surface area contributed by atoms with Gasteiger partial charge in [-0.2, -0.15) is 4.98 Å². The van der Waals surface area contributed by atoms with E-state index in [1.54, 1.807) is 6.07 Å². The van der Waals surface area contributed by atoms with E-state index in [1.807, 2.05) is 19.1 Å². The molecule has 0 aliphatic rings. The van der Waals surface area contributed by atoms with E-state index in [9.17, 15) is 0 Å². The van der Waals surface area contributed by atoms with E-state index >= 15 is 0 Å². The highest BCUT2D eigenvalue weighted by atomic mass is 79.9. The molecule has 0 spiro atoms. The Kier molecular flexibility index (Phi) is 4.28. The second-order valence-corrected chi connectivity index (χ2v) is 5.93. The lowest BCUT2D eigenvalue weighted by atomic mass is 9.88. The van der Waals surface area contributed by atoms with Gasteiger partial charge < -0.3 is 10.3 Å². The lowest BCUT2D eigenvalue weighted by Crippen LogP contribution is -2.31. The molecule has 1 aromatic carbocycles. The molecule has 2 aromatic rings. The first kappa shape index (κ1) is 14.5. The van der Waals surface area contributed by atoms with Gasteiger partial charge in [0.2, 0.25) is 11.7 Å². The highest BCUT2D eigenvalue weighted by Crippen LogP contribution is 2.30. The molecule has 0 amide bonds. The van der Waals surface area contributed by atoms with Gasteiger partial charge in [0.1, 0.15) is 0 Å². The molecule has 1 aromatic heterocycles. The summed E-state index contributed by atoms with van der Waals surface area (Å²) in [6.07, 6.45) is 0.843. The van der Waals surface area contributed by atoms with Crippen LogP contribution < -0.4 is 5.73 Å². The van der Waals surface area contributed by atoms with E-state index in [-0.39, 0.29) is 5.41 Å². The number of rotatable bonds is 4. The quantitative estimate of drug-likeness (QED) is 0.916. The number of hydrogen-bond donors (Lipinski definition) is 1. The van der Waals surface area contributed by atoms with Crippen LogP contribution in [-0.4, -0.2) is 16.7 Å². The molecule has 102 valence electrons. The lowest BCUT2D eigenvalue weighted by Gasteiger charge is -2.20. The maximum absolute atomic E-state index is 5.96. The molecule has 0 saturated carbocycles. The van der Waals surface area contributed by atoms with Crippen LogP contribution in [0.4, 0.5) is 0 Å². The SMILES string of the molecule is CCC(C)(CN)c1nc(-c2ccc(Cl)c(Br)c2)no1. The Hall–Kier alpha value is -0.910. The fourth-order valence-corrected chi connectivity index (χ4v) is 2.10. The molecule has 1 unspecified atom stereocenters. The number of halogens is 2. The maximum Gasteiger partial charge on any atom is 0.234 e. The summed E-state index contributed by atoms with van der Waals surface area (Å²) in [5, 5.41) is 4.66. The van der Waals surface area contributed by atoms with E-state index in [0.29, 0.717) is 23.3 Å². The number of nitrogens with two attached hydrogens (primary N) is 1. The van der Waals surface area contributed by atoms with Crippen molar-refractivity contribution in [2.24, 2.45) is 5.73 Å².